The average Bonchev–Trinajstić information content (AvgIpc) is 3.18. The number of ether oxygens (including phenoxy) is 2. The van der Waals surface area contributed by atoms with Crippen LogP contribution in [0.3, 0.4) is 0 Å². The maximum absolute atomic E-state index is 15.4. The Labute approximate surface area is 232 Å². The van der Waals surface area contributed by atoms with Gasteiger partial charge in [0.15, 0.2) is 17.4 Å². The minimum Gasteiger partial charge on any atom is -0.491 e. The number of rotatable bonds is 8. The van der Waals surface area contributed by atoms with Crippen LogP contribution in [0.5, 0.6) is 17.5 Å². The second kappa shape index (κ2) is 10.8. The second-order valence-corrected chi connectivity index (χ2v) is 9.85. The summed E-state index contributed by atoms with van der Waals surface area (Å²) in [6, 6.07) is 11.7. The van der Waals surface area contributed by atoms with Gasteiger partial charge < -0.3 is 30.4 Å². The molecular formula is C27H26BrFN8O2. The second-order valence-electron chi connectivity index (χ2n) is 9.06. The molecule has 12 heteroatoms. The van der Waals surface area contributed by atoms with Crippen LogP contribution < -0.4 is 20.9 Å². The average molecular weight is 593 g/mol. The van der Waals surface area contributed by atoms with Crippen molar-refractivity contribution in [2.45, 2.75) is 6.92 Å². The number of anilines is 2. The lowest BCUT2D eigenvalue weighted by Crippen LogP contribution is -2.19. The van der Waals surface area contributed by atoms with E-state index in [4.69, 9.17) is 20.9 Å². The molecule has 0 amide bonds. The Bertz CT molecular complexity index is 1670. The summed E-state index contributed by atoms with van der Waals surface area (Å²) in [6.45, 7) is 2.94. The van der Waals surface area contributed by atoms with E-state index in [0.29, 0.717) is 62.7 Å². The summed E-state index contributed by atoms with van der Waals surface area (Å²) in [5.41, 5.74) is 16.6. The SMILES string of the molecule is Cc1ccnc(Oc2ccc(-n3c(-c4ccc(N)cc4OCCN(C)C)c(Br)c4ncnc(N)c43)cc2F)n1. The summed E-state index contributed by atoms with van der Waals surface area (Å²) in [4.78, 5) is 18.9. The molecule has 3 aromatic heterocycles. The molecule has 0 saturated heterocycles. The van der Waals surface area contributed by atoms with Crippen LogP contribution in [0, 0.1) is 12.7 Å². The number of nitrogens with two attached hydrogens (primary N) is 2. The number of nitrogen functional groups attached to an aromatic ring is 2. The van der Waals surface area contributed by atoms with Gasteiger partial charge in [-0.25, -0.2) is 24.3 Å². The van der Waals surface area contributed by atoms with Crippen molar-refractivity contribution in [2.75, 3.05) is 38.7 Å². The molecule has 200 valence electrons. The van der Waals surface area contributed by atoms with E-state index in [1.54, 1.807) is 42.0 Å². The molecule has 2 aromatic carbocycles. The summed E-state index contributed by atoms with van der Waals surface area (Å²) in [5, 5.41) is 0. The van der Waals surface area contributed by atoms with E-state index in [9.17, 15) is 0 Å². The van der Waals surface area contributed by atoms with Crippen LogP contribution in [0.25, 0.3) is 28.0 Å². The first-order chi connectivity index (χ1) is 18.7. The summed E-state index contributed by atoms with van der Waals surface area (Å²) >= 11 is 3.70. The Hall–Kier alpha value is -4.29. The molecule has 0 aliphatic carbocycles. The number of likely N-dealkylation sites (N-methyl/N-ethyl adjacent to an activating group) is 1. The molecule has 39 heavy (non-hydrogen) atoms. The Morgan fingerprint density at radius 3 is 2.59 bits per heavy atom. The molecule has 0 aliphatic heterocycles. The van der Waals surface area contributed by atoms with Gasteiger partial charge in [0, 0.05) is 47.5 Å². The van der Waals surface area contributed by atoms with Crippen molar-refractivity contribution in [1.29, 1.82) is 0 Å². The maximum atomic E-state index is 15.4. The van der Waals surface area contributed by atoms with E-state index < -0.39 is 5.82 Å². The highest BCUT2D eigenvalue weighted by molar-refractivity contribution is 9.10. The fraction of sp³-hybridized carbons (Fsp3) is 0.185. The van der Waals surface area contributed by atoms with Crippen molar-refractivity contribution in [3.63, 3.8) is 0 Å². The molecule has 0 atom stereocenters. The zero-order valence-electron chi connectivity index (χ0n) is 21.5. The van der Waals surface area contributed by atoms with E-state index in [0.717, 1.165) is 0 Å². The van der Waals surface area contributed by atoms with Crippen LogP contribution in [-0.2, 0) is 0 Å². The van der Waals surface area contributed by atoms with E-state index >= 15 is 4.39 Å². The molecule has 4 N–H and O–H groups in total. The smallest absolute Gasteiger partial charge is 0.322 e. The lowest BCUT2D eigenvalue weighted by Gasteiger charge is -2.18. The van der Waals surface area contributed by atoms with Crippen molar-refractivity contribution in [3.8, 4) is 34.5 Å². The largest absolute Gasteiger partial charge is 0.491 e. The van der Waals surface area contributed by atoms with Gasteiger partial charge in [0.25, 0.3) is 0 Å². The van der Waals surface area contributed by atoms with Gasteiger partial charge in [-0.3, -0.25) is 0 Å². The highest BCUT2D eigenvalue weighted by atomic mass is 79.9. The molecule has 5 rings (SSSR count). The van der Waals surface area contributed by atoms with Crippen LogP contribution >= 0.6 is 15.9 Å². The molecule has 10 nitrogen and oxygen atoms in total. The van der Waals surface area contributed by atoms with Gasteiger partial charge in [-0.15, -0.1) is 0 Å². The third-order valence-corrected chi connectivity index (χ3v) is 6.67. The number of nitrogens with zero attached hydrogens (tertiary/aromatic N) is 6. The predicted octanol–water partition coefficient (Wildman–Crippen LogP) is 4.98. The highest BCUT2D eigenvalue weighted by Gasteiger charge is 2.25. The molecule has 0 fully saturated rings. The van der Waals surface area contributed by atoms with Crippen molar-refractivity contribution in [3.05, 3.63) is 71.0 Å². The molecule has 0 spiro atoms. The Morgan fingerprint density at radius 2 is 1.85 bits per heavy atom. The Kier molecular flexibility index (Phi) is 7.31. The van der Waals surface area contributed by atoms with Gasteiger partial charge in [0.1, 0.15) is 29.7 Å². The van der Waals surface area contributed by atoms with Gasteiger partial charge in [0.05, 0.1) is 10.2 Å². The topological polar surface area (TPSA) is 130 Å². The monoisotopic (exact) mass is 592 g/mol. The first-order valence-corrected chi connectivity index (χ1v) is 12.8. The van der Waals surface area contributed by atoms with Gasteiger partial charge in [-0.05, 0) is 67.3 Å². The van der Waals surface area contributed by atoms with Crippen molar-refractivity contribution in [1.82, 2.24) is 29.4 Å². The molecule has 0 aliphatic rings. The number of aromatic nitrogens is 5. The molecule has 0 radical (unpaired) electrons. The van der Waals surface area contributed by atoms with Crippen LogP contribution in [0.2, 0.25) is 0 Å². The number of halogens is 2. The van der Waals surface area contributed by atoms with Crippen molar-refractivity contribution >= 4 is 38.5 Å². The fourth-order valence-corrected chi connectivity index (χ4v) is 4.75. The number of hydrogen-bond acceptors (Lipinski definition) is 9. The normalized spacial score (nSPS) is 11.3. The Morgan fingerprint density at radius 1 is 1.03 bits per heavy atom. The quantitative estimate of drug-likeness (QED) is 0.239. The van der Waals surface area contributed by atoms with Gasteiger partial charge in [-0.1, -0.05) is 0 Å². The first-order valence-electron chi connectivity index (χ1n) is 12.0. The van der Waals surface area contributed by atoms with E-state index in [-0.39, 0.29) is 17.6 Å². The maximum Gasteiger partial charge on any atom is 0.322 e. The number of fused-ring (bicyclic) bond motifs is 1. The summed E-state index contributed by atoms with van der Waals surface area (Å²) < 4.78 is 29.6. The highest BCUT2D eigenvalue weighted by Crippen LogP contribution is 2.44. The molecule has 3 heterocycles. The van der Waals surface area contributed by atoms with Gasteiger partial charge in [0.2, 0.25) is 0 Å². The number of benzene rings is 2. The first kappa shape index (κ1) is 26.3. The van der Waals surface area contributed by atoms with E-state index in [1.807, 2.05) is 25.1 Å². The minimum atomic E-state index is -0.614. The van der Waals surface area contributed by atoms with E-state index in [2.05, 4.69) is 35.9 Å². The molecular weight excluding hydrogens is 567 g/mol. The van der Waals surface area contributed by atoms with Crippen LogP contribution in [0.15, 0.2) is 59.5 Å². The fourth-order valence-electron chi connectivity index (χ4n) is 4.07. The van der Waals surface area contributed by atoms with Crippen molar-refractivity contribution < 1.29 is 13.9 Å². The van der Waals surface area contributed by atoms with Crippen molar-refractivity contribution in [2.24, 2.45) is 0 Å². The third kappa shape index (κ3) is 5.33. The molecule has 5 aromatic rings. The molecule has 0 bridgehead atoms. The standard InChI is InChI=1S/C27H26BrFN8O2/c1-15-8-9-32-27(35-15)39-20-7-5-17(13-19(20)29)37-24(22(28)23-25(37)26(31)34-14-33-23)18-6-4-16(30)12-21(18)38-11-10-36(2)3/h4-9,12-14H,10-11,30H2,1-3H3,(H2,31,33,34). The summed E-state index contributed by atoms with van der Waals surface area (Å²) in [5.74, 6) is 0.152. The summed E-state index contributed by atoms with van der Waals surface area (Å²) in [6.07, 6.45) is 2.93. The van der Waals surface area contributed by atoms with Crippen LogP contribution in [0.1, 0.15) is 5.69 Å². The third-order valence-electron chi connectivity index (χ3n) is 5.92. The van der Waals surface area contributed by atoms with E-state index in [1.165, 1.54) is 18.5 Å². The number of hydrogen-bond donors (Lipinski definition) is 2. The lowest BCUT2D eigenvalue weighted by atomic mass is 10.1. The molecule has 0 unspecified atom stereocenters. The lowest BCUT2D eigenvalue weighted by molar-refractivity contribution is 0.262. The predicted molar refractivity (Wildman–Crippen MR) is 152 cm³/mol. The summed E-state index contributed by atoms with van der Waals surface area (Å²) in [7, 11) is 3.93. The van der Waals surface area contributed by atoms with Gasteiger partial charge >= 0.3 is 6.01 Å². The van der Waals surface area contributed by atoms with Gasteiger partial charge in [-0.2, -0.15) is 0 Å². The van der Waals surface area contributed by atoms with Crippen LogP contribution in [-0.4, -0.2) is 56.6 Å². The zero-order chi connectivity index (χ0) is 27.7. The molecule has 0 saturated carbocycles. The minimum absolute atomic E-state index is 0.0224. The Balaban J connectivity index is 1.67. The van der Waals surface area contributed by atoms with Crippen LogP contribution in [0.4, 0.5) is 15.9 Å². The number of aryl methyl sites for hydroxylation is 1. The zero-order valence-corrected chi connectivity index (χ0v) is 23.1.